The van der Waals surface area contributed by atoms with Crippen LogP contribution in [0.15, 0.2) is 6.20 Å². The van der Waals surface area contributed by atoms with Gasteiger partial charge in [0.05, 0.1) is 23.0 Å². The Kier molecular flexibility index (Phi) is 4.34. The summed E-state index contributed by atoms with van der Waals surface area (Å²) in [4.78, 5) is 22.8. The van der Waals surface area contributed by atoms with Gasteiger partial charge in [-0.1, -0.05) is 6.92 Å². The number of carbonyl (C=O) groups is 2. The smallest absolute Gasteiger partial charge is 0.325 e. The second-order valence-electron chi connectivity index (χ2n) is 5.47. The Bertz CT molecular complexity index is 486. The number of carboxylic acids is 1. The van der Waals surface area contributed by atoms with E-state index < -0.39 is 17.9 Å². The van der Waals surface area contributed by atoms with Gasteiger partial charge >= 0.3 is 5.97 Å². The maximum absolute atomic E-state index is 12.1. The van der Waals surface area contributed by atoms with Gasteiger partial charge in [0.15, 0.2) is 0 Å². The Hall–Kier alpha value is -1.85. The highest BCUT2D eigenvalue weighted by Crippen LogP contribution is 2.19. The number of hydrogen-bond acceptors (Lipinski definition) is 3. The fraction of sp³-hybridized carbons (Fsp3) is 0.615. The molecule has 1 aromatic rings. The first-order valence-electron chi connectivity index (χ1n) is 6.29. The molecule has 0 bridgehead atoms. The number of carboxylic acid groups (broad SMARTS) is 1. The maximum atomic E-state index is 12.1. The molecule has 0 radical (unpaired) electrons. The summed E-state index contributed by atoms with van der Waals surface area (Å²) in [5.41, 5.74) is 1.02. The fourth-order valence-corrected chi connectivity index (χ4v) is 1.82. The van der Waals surface area contributed by atoms with Crippen LogP contribution in [0.25, 0.3) is 0 Å². The molecule has 1 amide bonds. The summed E-state index contributed by atoms with van der Waals surface area (Å²) in [6.07, 6.45) is 2.15. The highest BCUT2D eigenvalue weighted by Gasteiger charge is 2.24. The number of aliphatic carboxylic acids is 1. The maximum Gasteiger partial charge on any atom is 0.325 e. The molecule has 6 heteroatoms. The van der Waals surface area contributed by atoms with Crippen LogP contribution >= 0.6 is 0 Å². The van der Waals surface area contributed by atoms with Crippen LogP contribution in [0.1, 0.15) is 50.7 Å². The lowest BCUT2D eigenvalue weighted by atomic mass is 10.1. The molecular formula is C13H21N3O3. The lowest BCUT2D eigenvalue weighted by molar-refractivity contribution is -0.138. The number of nitrogens with one attached hydrogen (secondary N) is 1. The molecule has 0 saturated carbocycles. The molecule has 0 unspecified atom stereocenters. The van der Waals surface area contributed by atoms with Gasteiger partial charge in [-0.3, -0.25) is 14.3 Å². The zero-order valence-corrected chi connectivity index (χ0v) is 12.0. The number of aromatic nitrogens is 2. The van der Waals surface area contributed by atoms with Gasteiger partial charge in [-0.25, -0.2) is 0 Å². The van der Waals surface area contributed by atoms with Crippen LogP contribution in [0, 0.1) is 0 Å². The molecule has 106 valence electrons. The van der Waals surface area contributed by atoms with E-state index in [-0.39, 0.29) is 5.54 Å². The van der Waals surface area contributed by atoms with Gasteiger partial charge in [0, 0.05) is 0 Å². The molecule has 0 aliphatic carbocycles. The minimum Gasteiger partial charge on any atom is -0.480 e. The number of rotatable bonds is 4. The van der Waals surface area contributed by atoms with Crippen LogP contribution in [0.3, 0.4) is 0 Å². The van der Waals surface area contributed by atoms with Gasteiger partial charge < -0.3 is 10.4 Å². The second-order valence-corrected chi connectivity index (χ2v) is 5.47. The molecule has 0 aliphatic rings. The van der Waals surface area contributed by atoms with Crippen molar-refractivity contribution in [2.24, 2.45) is 0 Å². The van der Waals surface area contributed by atoms with Crippen molar-refractivity contribution in [2.75, 3.05) is 0 Å². The summed E-state index contributed by atoms with van der Waals surface area (Å²) < 4.78 is 1.80. The van der Waals surface area contributed by atoms with E-state index in [2.05, 4.69) is 10.4 Å². The van der Waals surface area contributed by atoms with Crippen LogP contribution in [-0.4, -0.2) is 32.8 Å². The molecule has 1 heterocycles. The number of hydrogen-bond donors (Lipinski definition) is 2. The summed E-state index contributed by atoms with van der Waals surface area (Å²) in [5, 5.41) is 15.5. The van der Waals surface area contributed by atoms with Crippen molar-refractivity contribution in [1.29, 1.82) is 0 Å². The third-order valence-electron chi connectivity index (χ3n) is 2.80. The quantitative estimate of drug-likeness (QED) is 0.863. The molecule has 1 atom stereocenters. The van der Waals surface area contributed by atoms with Gasteiger partial charge in [0.2, 0.25) is 0 Å². The predicted octanol–water partition coefficient (Wildman–Crippen LogP) is 1.40. The van der Waals surface area contributed by atoms with Crippen molar-refractivity contribution in [2.45, 2.75) is 52.6 Å². The van der Waals surface area contributed by atoms with Gasteiger partial charge in [0.25, 0.3) is 5.91 Å². The zero-order valence-electron chi connectivity index (χ0n) is 12.0. The monoisotopic (exact) mass is 267 g/mol. The zero-order chi connectivity index (χ0) is 14.8. The SMILES string of the molecule is CCc1c(C(=O)N[C@H](C)C(=O)O)cnn1C(C)(C)C. The number of nitrogens with zero attached hydrogens (tertiary/aromatic N) is 2. The topological polar surface area (TPSA) is 84.2 Å². The van der Waals surface area contributed by atoms with Crippen molar-refractivity contribution in [3.05, 3.63) is 17.5 Å². The minimum atomic E-state index is -1.06. The Morgan fingerprint density at radius 2 is 2.05 bits per heavy atom. The normalized spacial score (nSPS) is 13.1. The molecule has 2 N–H and O–H groups in total. The van der Waals surface area contributed by atoms with E-state index in [1.54, 1.807) is 4.68 Å². The highest BCUT2D eigenvalue weighted by atomic mass is 16.4. The van der Waals surface area contributed by atoms with E-state index in [4.69, 9.17) is 5.11 Å². The highest BCUT2D eigenvalue weighted by molar-refractivity contribution is 5.97. The Morgan fingerprint density at radius 3 is 2.47 bits per heavy atom. The molecule has 0 saturated heterocycles. The molecule has 19 heavy (non-hydrogen) atoms. The van der Waals surface area contributed by atoms with Crippen LogP contribution in [0.2, 0.25) is 0 Å². The third-order valence-corrected chi connectivity index (χ3v) is 2.80. The predicted molar refractivity (Wildman–Crippen MR) is 71.2 cm³/mol. The molecular weight excluding hydrogens is 246 g/mol. The lowest BCUT2D eigenvalue weighted by Crippen LogP contribution is -2.38. The van der Waals surface area contributed by atoms with E-state index >= 15 is 0 Å². The molecule has 0 aliphatic heterocycles. The van der Waals surface area contributed by atoms with Gasteiger partial charge in [-0.2, -0.15) is 5.10 Å². The average molecular weight is 267 g/mol. The first kappa shape index (κ1) is 15.2. The molecule has 1 aromatic heterocycles. The van der Waals surface area contributed by atoms with Crippen molar-refractivity contribution in [3.63, 3.8) is 0 Å². The van der Waals surface area contributed by atoms with Gasteiger partial charge in [-0.05, 0) is 34.1 Å². The van der Waals surface area contributed by atoms with Crippen LogP contribution in [0.4, 0.5) is 0 Å². The van der Waals surface area contributed by atoms with E-state index in [0.29, 0.717) is 12.0 Å². The van der Waals surface area contributed by atoms with Crippen LogP contribution in [0.5, 0.6) is 0 Å². The summed E-state index contributed by atoms with van der Waals surface area (Å²) in [6.45, 7) is 9.37. The lowest BCUT2D eigenvalue weighted by Gasteiger charge is -2.22. The Morgan fingerprint density at radius 1 is 1.47 bits per heavy atom. The molecule has 1 rings (SSSR count). The van der Waals surface area contributed by atoms with Crippen molar-refractivity contribution < 1.29 is 14.7 Å². The third kappa shape index (κ3) is 3.33. The minimum absolute atomic E-state index is 0.220. The van der Waals surface area contributed by atoms with E-state index in [1.807, 2.05) is 27.7 Å². The van der Waals surface area contributed by atoms with E-state index in [9.17, 15) is 9.59 Å². The number of amides is 1. The van der Waals surface area contributed by atoms with Crippen molar-refractivity contribution in [3.8, 4) is 0 Å². The van der Waals surface area contributed by atoms with Crippen molar-refractivity contribution >= 4 is 11.9 Å². The Balaban J connectivity index is 3.05. The molecule has 6 nitrogen and oxygen atoms in total. The van der Waals surface area contributed by atoms with Crippen molar-refractivity contribution in [1.82, 2.24) is 15.1 Å². The molecule has 0 fully saturated rings. The average Bonchev–Trinajstić information content (AvgIpc) is 2.71. The summed E-state index contributed by atoms with van der Waals surface area (Å²) in [7, 11) is 0. The Labute approximate surface area is 112 Å². The summed E-state index contributed by atoms with van der Waals surface area (Å²) in [6, 6.07) is -0.921. The van der Waals surface area contributed by atoms with Gasteiger partial charge in [-0.15, -0.1) is 0 Å². The first-order valence-corrected chi connectivity index (χ1v) is 6.29. The summed E-state index contributed by atoms with van der Waals surface area (Å²) in [5.74, 6) is -1.46. The van der Waals surface area contributed by atoms with E-state index in [1.165, 1.54) is 13.1 Å². The standard InChI is InChI=1S/C13H21N3O3/c1-6-10-9(7-14-16(10)13(3,4)5)11(17)15-8(2)12(18)19/h7-8H,6H2,1-5H3,(H,15,17)(H,18,19)/t8-/m1/s1. The fourth-order valence-electron chi connectivity index (χ4n) is 1.82. The van der Waals surface area contributed by atoms with Crippen LogP contribution < -0.4 is 5.32 Å². The summed E-state index contributed by atoms with van der Waals surface area (Å²) >= 11 is 0. The largest absolute Gasteiger partial charge is 0.480 e. The van der Waals surface area contributed by atoms with Gasteiger partial charge in [0.1, 0.15) is 6.04 Å². The molecule has 0 spiro atoms. The number of carbonyl (C=O) groups excluding carboxylic acids is 1. The second kappa shape index (κ2) is 5.42. The first-order chi connectivity index (χ1) is 8.68. The van der Waals surface area contributed by atoms with Crippen LogP contribution in [-0.2, 0) is 16.8 Å². The molecule has 0 aromatic carbocycles. The van der Waals surface area contributed by atoms with E-state index in [0.717, 1.165) is 5.69 Å².